The summed E-state index contributed by atoms with van der Waals surface area (Å²) in [5.74, 6) is 0.599. The zero-order valence-electron chi connectivity index (χ0n) is 25.1. The van der Waals surface area contributed by atoms with Gasteiger partial charge in [0.15, 0.2) is 17.5 Å². The Morgan fingerprint density at radius 1 is 1.05 bits per heavy atom. The molecule has 1 aliphatic carbocycles. The Morgan fingerprint density at radius 3 is 2.38 bits per heavy atom. The molecule has 11 nitrogen and oxygen atoms in total. The fourth-order valence-corrected chi connectivity index (χ4v) is 5.91. The molecule has 1 saturated carbocycles. The Morgan fingerprint density at radius 2 is 1.74 bits per heavy atom. The van der Waals surface area contributed by atoms with Crippen molar-refractivity contribution in [2.45, 2.75) is 69.2 Å². The maximum atomic E-state index is 13.5. The number of carbonyl (C=O) groups excluding carboxylic acids is 2. The predicted molar refractivity (Wildman–Crippen MR) is 163 cm³/mol. The maximum Gasteiger partial charge on any atom is 0.249 e. The molecule has 4 N–H and O–H groups in total. The van der Waals surface area contributed by atoms with E-state index < -0.39 is 22.0 Å². The first-order valence-electron chi connectivity index (χ1n) is 14.1. The number of nitrogens with one attached hydrogen (secondary N) is 2. The van der Waals surface area contributed by atoms with E-state index in [1.54, 1.807) is 33.3 Å². The molecule has 2 aromatic carbocycles. The van der Waals surface area contributed by atoms with Gasteiger partial charge in [-0.3, -0.25) is 14.9 Å². The van der Waals surface area contributed by atoms with Crippen LogP contribution in [0.25, 0.3) is 0 Å². The molecule has 3 rings (SSSR count). The van der Waals surface area contributed by atoms with Gasteiger partial charge in [0.05, 0.1) is 19.1 Å². The van der Waals surface area contributed by atoms with Crippen LogP contribution in [-0.4, -0.2) is 64.9 Å². The van der Waals surface area contributed by atoms with Crippen molar-refractivity contribution in [3.8, 4) is 11.5 Å². The Labute approximate surface area is 248 Å². The Bertz CT molecular complexity index is 1390. The van der Waals surface area contributed by atoms with E-state index in [0.29, 0.717) is 41.5 Å². The number of rotatable bonds is 12. The van der Waals surface area contributed by atoms with E-state index in [0.717, 1.165) is 35.6 Å². The number of methoxy groups -OCH3 is 2. The van der Waals surface area contributed by atoms with E-state index in [9.17, 15) is 18.0 Å². The molecule has 0 aliphatic heterocycles. The first-order chi connectivity index (χ1) is 19.9. The molecule has 2 amide bonds. The van der Waals surface area contributed by atoms with E-state index in [4.69, 9.17) is 15.2 Å². The number of aliphatic imine (C=N–C) groups is 1. The highest BCUT2D eigenvalue weighted by molar-refractivity contribution is 7.89. The number of ether oxygens (including phenoxy) is 2. The minimum atomic E-state index is -3.69. The van der Waals surface area contributed by atoms with Gasteiger partial charge in [-0.2, -0.15) is 0 Å². The summed E-state index contributed by atoms with van der Waals surface area (Å²) in [6, 6.07) is 9.21. The molecule has 1 fully saturated rings. The van der Waals surface area contributed by atoms with Gasteiger partial charge in [-0.15, -0.1) is 0 Å². The second-order valence-corrected chi connectivity index (χ2v) is 12.9. The van der Waals surface area contributed by atoms with E-state index >= 15 is 0 Å². The average Bonchev–Trinajstić information content (AvgIpc) is 2.96. The number of carbonyl (C=O) groups is 2. The van der Waals surface area contributed by atoms with Crippen LogP contribution in [0.4, 0.5) is 5.69 Å². The molecule has 12 heteroatoms. The number of nitrogens with two attached hydrogens (primary N) is 1. The van der Waals surface area contributed by atoms with Gasteiger partial charge >= 0.3 is 0 Å². The van der Waals surface area contributed by atoms with Crippen molar-refractivity contribution in [3.05, 3.63) is 47.5 Å². The van der Waals surface area contributed by atoms with Gasteiger partial charge in [-0.05, 0) is 61.1 Å². The molecular formula is C30H43N5O6S. The number of aryl methyl sites for hydroxylation is 2. The third kappa shape index (κ3) is 8.93. The summed E-state index contributed by atoms with van der Waals surface area (Å²) in [5.41, 5.74) is 8.10. The van der Waals surface area contributed by atoms with Crippen molar-refractivity contribution in [3.63, 3.8) is 0 Å². The monoisotopic (exact) mass is 601 g/mol. The summed E-state index contributed by atoms with van der Waals surface area (Å²) in [5, 5.41) is 5.47. The molecule has 2 aromatic rings. The summed E-state index contributed by atoms with van der Waals surface area (Å²) in [4.78, 5) is 30.7. The average molecular weight is 602 g/mol. The predicted octanol–water partition coefficient (Wildman–Crippen LogP) is 3.60. The van der Waals surface area contributed by atoms with Crippen LogP contribution in [-0.2, 0) is 26.0 Å². The second-order valence-electron chi connectivity index (χ2n) is 10.8. The molecule has 42 heavy (non-hydrogen) atoms. The lowest BCUT2D eigenvalue weighted by Gasteiger charge is -2.25. The van der Waals surface area contributed by atoms with Gasteiger partial charge in [0.2, 0.25) is 21.8 Å². The second kappa shape index (κ2) is 15.0. The third-order valence-electron chi connectivity index (χ3n) is 7.48. The molecular weight excluding hydrogens is 558 g/mol. The fourth-order valence-electron chi connectivity index (χ4n) is 4.98. The van der Waals surface area contributed by atoms with Crippen LogP contribution in [0, 0.1) is 12.8 Å². The van der Waals surface area contributed by atoms with Crippen LogP contribution in [0.1, 0.15) is 56.1 Å². The summed E-state index contributed by atoms with van der Waals surface area (Å²) in [6.07, 6.45) is 6.40. The summed E-state index contributed by atoms with van der Waals surface area (Å²) in [6.45, 7) is 1.79. The molecule has 0 unspecified atom stereocenters. The van der Waals surface area contributed by atoms with Crippen molar-refractivity contribution in [1.82, 2.24) is 9.62 Å². The zero-order valence-corrected chi connectivity index (χ0v) is 25.9. The van der Waals surface area contributed by atoms with Gasteiger partial charge in [-0.1, -0.05) is 44.2 Å². The first-order valence-corrected chi connectivity index (χ1v) is 15.6. The van der Waals surface area contributed by atoms with Crippen LogP contribution >= 0.6 is 0 Å². The minimum Gasteiger partial charge on any atom is -0.493 e. The lowest BCUT2D eigenvalue weighted by molar-refractivity contribution is -0.120. The number of sulfonamides is 1. The zero-order chi connectivity index (χ0) is 30.9. The van der Waals surface area contributed by atoms with Crippen LogP contribution in [0.2, 0.25) is 0 Å². The molecule has 1 aliphatic rings. The van der Waals surface area contributed by atoms with Crippen molar-refractivity contribution in [1.29, 1.82) is 0 Å². The third-order valence-corrected chi connectivity index (χ3v) is 9.29. The van der Waals surface area contributed by atoms with Gasteiger partial charge < -0.3 is 20.5 Å². The highest BCUT2D eigenvalue weighted by Crippen LogP contribution is 2.30. The summed E-state index contributed by atoms with van der Waals surface area (Å²) >= 11 is 0. The van der Waals surface area contributed by atoms with Crippen molar-refractivity contribution in [2.75, 3.05) is 33.6 Å². The molecule has 1 atom stereocenters. The highest BCUT2D eigenvalue weighted by atomic mass is 32.2. The smallest absolute Gasteiger partial charge is 0.249 e. The van der Waals surface area contributed by atoms with Gasteiger partial charge in [0.25, 0.3) is 0 Å². The van der Waals surface area contributed by atoms with E-state index in [1.807, 2.05) is 12.1 Å². The Kier molecular flexibility index (Phi) is 11.7. The normalized spacial score (nSPS) is 15.2. The summed E-state index contributed by atoms with van der Waals surface area (Å²) in [7, 11) is 2.33. The molecule has 0 aromatic heterocycles. The number of benzene rings is 2. The van der Waals surface area contributed by atoms with E-state index in [1.165, 1.54) is 32.6 Å². The van der Waals surface area contributed by atoms with Gasteiger partial charge in [-0.25, -0.2) is 17.7 Å². The van der Waals surface area contributed by atoms with Crippen molar-refractivity contribution in [2.24, 2.45) is 16.6 Å². The summed E-state index contributed by atoms with van der Waals surface area (Å²) < 4.78 is 37.0. The fraction of sp³-hybridized carbons (Fsp3) is 0.500. The van der Waals surface area contributed by atoms with Crippen molar-refractivity contribution >= 4 is 33.5 Å². The topological polar surface area (TPSA) is 152 Å². The lowest BCUT2D eigenvalue weighted by Crippen LogP contribution is -2.40. The lowest BCUT2D eigenvalue weighted by atomic mass is 9.84. The number of amides is 2. The van der Waals surface area contributed by atoms with Crippen LogP contribution < -0.4 is 25.8 Å². The van der Waals surface area contributed by atoms with E-state index in [-0.39, 0.29) is 23.2 Å². The minimum absolute atomic E-state index is 0.0713. The number of nitrogens with zero attached hydrogens (tertiary/aromatic N) is 2. The van der Waals surface area contributed by atoms with Gasteiger partial charge in [0.1, 0.15) is 6.04 Å². The number of hydrogen-bond acceptors (Lipinski definition) is 7. The first kappa shape index (κ1) is 32.9. The van der Waals surface area contributed by atoms with Crippen LogP contribution in [0.15, 0.2) is 46.3 Å². The Balaban J connectivity index is 1.74. The molecule has 0 heterocycles. The SMILES string of the molecule is COc1ccc(CCC(=O)NC(N)=N[C@H](CC2CCCCC2)C(=O)Nc2cc(S(=O)(=O)N(C)C)ccc2C)cc1OC. The molecule has 0 bridgehead atoms. The number of anilines is 1. The van der Waals surface area contributed by atoms with Crippen molar-refractivity contribution < 1.29 is 27.5 Å². The largest absolute Gasteiger partial charge is 0.493 e. The quantitative estimate of drug-likeness (QED) is 0.248. The molecule has 0 spiro atoms. The highest BCUT2D eigenvalue weighted by Gasteiger charge is 2.26. The standard InChI is InChI=1S/C30H43N5O6S/c1-20-11-14-23(42(38,39)35(2)3)19-24(20)32-29(37)25(17-21-9-7-6-8-10-21)33-30(31)34-28(36)16-13-22-12-15-26(40-4)27(18-22)41-5/h11-12,14-15,18-19,21,25H,6-10,13,16-17H2,1-5H3,(H,32,37)(H3,31,33,34,36)/t25-/m1/s1. The Hall–Kier alpha value is -3.64. The molecule has 230 valence electrons. The molecule has 0 radical (unpaired) electrons. The molecule has 0 saturated heterocycles. The van der Waals surface area contributed by atoms with E-state index in [2.05, 4.69) is 15.6 Å². The van der Waals surface area contributed by atoms with Crippen LogP contribution in [0.3, 0.4) is 0 Å². The maximum absolute atomic E-state index is 13.5. The van der Waals surface area contributed by atoms with Crippen LogP contribution in [0.5, 0.6) is 11.5 Å². The number of guanidine groups is 1. The van der Waals surface area contributed by atoms with Gasteiger partial charge in [0, 0.05) is 26.2 Å². The number of hydrogen-bond donors (Lipinski definition) is 3.